The predicted molar refractivity (Wildman–Crippen MR) is 106 cm³/mol. The third-order valence-electron chi connectivity index (χ3n) is 4.53. The summed E-state index contributed by atoms with van der Waals surface area (Å²) in [6.07, 6.45) is 0. The Balaban J connectivity index is 1.55. The van der Waals surface area contributed by atoms with Crippen LogP contribution in [-0.2, 0) is 9.53 Å². The van der Waals surface area contributed by atoms with Crippen molar-refractivity contribution in [3.05, 3.63) is 46.2 Å². The van der Waals surface area contributed by atoms with Gasteiger partial charge in [-0.05, 0) is 36.1 Å². The fourth-order valence-corrected chi connectivity index (χ4v) is 3.94. The third kappa shape index (κ3) is 5.45. The predicted octanol–water partition coefficient (Wildman–Crippen LogP) is 2.63. The second-order valence-corrected chi connectivity index (χ2v) is 7.41. The summed E-state index contributed by atoms with van der Waals surface area (Å²) < 4.78 is 16.4. The van der Waals surface area contributed by atoms with Gasteiger partial charge in [0.15, 0.2) is 18.1 Å². The molecule has 0 spiro atoms. The number of thiophene rings is 1. The summed E-state index contributed by atoms with van der Waals surface area (Å²) in [5.74, 6) is 1.06. The van der Waals surface area contributed by atoms with E-state index in [0.717, 1.165) is 31.9 Å². The number of ether oxygens (including phenoxy) is 3. The Morgan fingerprint density at radius 2 is 2.11 bits per heavy atom. The fraction of sp³-hybridized carbons (Fsp3) is 0.450. The van der Waals surface area contributed by atoms with Crippen molar-refractivity contribution in [2.45, 2.75) is 13.0 Å². The SMILES string of the molecule is COc1cc(C)ccc1OCC(=O)NCC(c1cccs1)N1CCOCC1. The second-order valence-electron chi connectivity index (χ2n) is 6.43. The molecular weight excluding hydrogens is 364 g/mol. The number of aryl methyl sites for hydroxylation is 1. The molecular formula is C20H26N2O4S. The van der Waals surface area contributed by atoms with Crippen LogP contribution in [-0.4, -0.2) is 57.4 Å². The molecule has 27 heavy (non-hydrogen) atoms. The summed E-state index contributed by atoms with van der Waals surface area (Å²) in [6, 6.07) is 9.96. The van der Waals surface area contributed by atoms with Crippen LogP contribution in [0, 0.1) is 6.92 Å². The van der Waals surface area contributed by atoms with Gasteiger partial charge in [0.25, 0.3) is 5.91 Å². The molecule has 146 valence electrons. The Morgan fingerprint density at radius 1 is 1.30 bits per heavy atom. The number of amides is 1. The second kappa shape index (κ2) is 9.73. The molecule has 1 unspecified atom stereocenters. The van der Waals surface area contributed by atoms with E-state index in [9.17, 15) is 4.79 Å². The highest BCUT2D eigenvalue weighted by atomic mass is 32.1. The van der Waals surface area contributed by atoms with E-state index in [4.69, 9.17) is 14.2 Å². The van der Waals surface area contributed by atoms with E-state index < -0.39 is 0 Å². The maximum atomic E-state index is 12.3. The molecule has 1 aromatic carbocycles. The quantitative estimate of drug-likeness (QED) is 0.751. The summed E-state index contributed by atoms with van der Waals surface area (Å²) in [5.41, 5.74) is 1.08. The smallest absolute Gasteiger partial charge is 0.258 e. The van der Waals surface area contributed by atoms with Crippen LogP contribution in [0.3, 0.4) is 0 Å². The lowest BCUT2D eigenvalue weighted by molar-refractivity contribution is -0.123. The number of nitrogens with one attached hydrogen (secondary N) is 1. The van der Waals surface area contributed by atoms with E-state index in [0.29, 0.717) is 18.0 Å². The molecule has 1 aliphatic rings. The number of nitrogens with zero attached hydrogens (tertiary/aromatic N) is 1. The third-order valence-corrected chi connectivity index (χ3v) is 5.50. The minimum atomic E-state index is -0.146. The first kappa shape index (κ1) is 19.7. The van der Waals surface area contributed by atoms with Crippen LogP contribution < -0.4 is 14.8 Å². The molecule has 1 fully saturated rings. The molecule has 1 amide bonds. The van der Waals surface area contributed by atoms with Gasteiger partial charge in [-0.1, -0.05) is 12.1 Å². The number of benzene rings is 1. The molecule has 0 saturated carbocycles. The average Bonchev–Trinajstić information content (AvgIpc) is 3.22. The average molecular weight is 391 g/mol. The Bertz CT molecular complexity index is 730. The molecule has 7 heteroatoms. The highest BCUT2D eigenvalue weighted by Gasteiger charge is 2.24. The highest BCUT2D eigenvalue weighted by Crippen LogP contribution is 2.28. The van der Waals surface area contributed by atoms with E-state index in [-0.39, 0.29) is 18.6 Å². The van der Waals surface area contributed by atoms with Crippen LogP contribution in [0.25, 0.3) is 0 Å². The molecule has 1 atom stereocenters. The Labute approximate surface area is 164 Å². The van der Waals surface area contributed by atoms with Gasteiger partial charge >= 0.3 is 0 Å². The Kier molecular flexibility index (Phi) is 7.09. The van der Waals surface area contributed by atoms with E-state index in [1.165, 1.54) is 4.88 Å². The fourth-order valence-electron chi connectivity index (χ4n) is 3.08. The van der Waals surface area contributed by atoms with Crippen molar-refractivity contribution in [1.29, 1.82) is 0 Å². The van der Waals surface area contributed by atoms with Crippen molar-refractivity contribution >= 4 is 17.2 Å². The molecule has 3 rings (SSSR count). The zero-order valence-corrected chi connectivity index (χ0v) is 16.6. The summed E-state index contributed by atoms with van der Waals surface area (Å²) in [6.45, 7) is 5.69. The van der Waals surface area contributed by atoms with Crippen LogP contribution in [0.1, 0.15) is 16.5 Å². The van der Waals surface area contributed by atoms with Crippen molar-refractivity contribution in [3.63, 3.8) is 0 Å². The number of methoxy groups -OCH3 is 1. The largest absolute Gasteiger partial charge is 0.493 e. The number of rotatable bonds is 8. The first-order valence-electron chi connectivity index (χ1n) is 9.06. The summed E-state index contributed by atoms with van der Waals surface area (Å²) in [4.78, 5) is 15.9. The maximum absolute atomic E-state index is 12.3. The standard InChI is InChI=1S/C20H26N2O4S/c1-15-5-6-17(18(12-15)24-2)26-14-20(23)21-13-16(19-4-3-11-27-19)22-7-9-25-10-8-22/h3-6,11-12,16H,7-10,13-14H2,1-2H3,(H,21,23). The minimum absolute atomic E-state index is 0.0420. The van der Waals surface area contributed by atoms with Gasteiger partial charge < -0.3 is 19.5 Å². The highest BCUT2D eigenvalue weighted by molar-refractivity contribution is 7.10. The van der Waals surface area contributed by atoms with Crippen LogP contribution in [0.15, 0.2) is 35.7 Å². The lowest BCUT2D eigenvalue weighted by Gasteiger charge is -2.34. The van der Waals surface area contributed by atoms with Crippen LogP contribution in [0.4, 0.5) is 0 Å². The van der Waals surface area contributed by atoms with Crippen molar-refractivity contribution in [2.75, 3.05) is 46.6 Å². The molecule has 1 saturated heterocycles. The molecule has 1 aromatic heterocycles. The number of hydrogen-bond acceptors (Lipinski definition) is 6. The Hall–Kier alpha value is -2.09. The van der Waals surface area contributed by atoms with Gasteiger partial charge in [-0.25, -0.2) is 0 Å². The van der Waals surface area contributed by atoms with E-state index in [2.05, 4.69) is 21.7 Å². The van der Waals surface area contributed by atoms with Crippen LogP contribution in [0.2, 0.25) is 0 Å². The number of carbonyl (C=O) groups is 1. The molecule has 2 aromatic rings. The van der Waals surface area contributed by atoms with Gasteiger partial charge in [-0.15, -0.1) is 11.3 Å². The minimum Gasteiger partial charge on any atom is -0.493 e. The first-order valence-corrected chi connectivity index (χ1v) is 9.94. The van der Waals surface area contributed by atoms with E-state index in [1.807, 2.05) is 31.2 Å². The van der Waals surface area contributed by atoms with Crippen molar-refractivity contribution in [2.24, 2.45) is 0 Å². The number of hydrogen-bond donors (Lipinski definition) is 1. The van der Waals surface area contributed by atoms with Crippen LogP contribution in [0.5, 0.6) is 11.5 Å². The summed E-state index contributed by atoms with van der Waals surface area (Å²) >= 11 is 1.71. The Morgan fingerprint density at radius 3 is 2.81 bits per heavy atom. The van der Waals surface area contributed by atoms with Crippen molar-refractivity contribution in [3.8, 4) is 11.5 Å². The molecule has 0 aliphatic carbocycles. The summed E-state index contributed by atoms with van der Waals surface area (Å²) in [7, 11) is 1.59. The van der Waals surface area contributed by atoms with Gasteiger partial charge in [-0.3, -0.25) is 9.69 Å². The first-order chi connectivity index (χ1) is 13.2. The van der Waals surface area contributed by atoms with Gasteiger partial charge in [0, 0.05) is 24.5 Å². The zero-order valence-electron chi connectivity index (χ0n) is 15.8. The van der Waals surface area contributed by atoms with Gasteiger partial charge in [0.2, 0.25) is 0 Å². The monoisotopic (exact) mass is 390 g/mol. The van der Waals surface area contributed by atoms with Gasteiger partial charge in [0.05, 0.1) is 26.4 Å². The number of carbonyl (C=O) groups excluding carboxylic acids is 1. The van der Waals surface area contributed by atoms with Crippen LogP contribution >= 0.6 is 11.3 Å². The maximum Gasteiger partial charge on any atom is 0.258 e. The van der Waals surface area contributed by atoms with E-state index in [1.54, 1.807) is 18.4 Å². The molecule has 1 N–H and O–H groups in total. The topological polar surface area (TPSA) is 60.0 Å². The number of morpholine rings is 1. The van der Waals surface area contributed by atoms with Gasteiger partial charge in [0.1, 0.15) is 0 Å². The normalized spacial score (nSPS) is 15.9. The lowest BCUT2D eigenvalue weighted by atomic mass is 10.2. The van der Waals surface area contributed by atoms with E-state index >= 15 is 0 Å². The summed E-state index contributed by atoms with van der Waals surface area (Å²) in [5, 5.41) is 5.07. The lowest BCUT2D eigenvalue weighted by Crippen LogP contribution is -2.44. The van der Waals surface area contributed by atoms with Crippen molar-refractivity contribution < 1.29 is 19.0 Å². The molecule has 0 bridgehead atoms. The zero-order chi connectivity index (χ0) is 19.1. The molecule has 1 aliphatic heterocycles. The van der Waals surface area contributed by atoms with Gasteiger partial charge in [-0.2, -0.15) is 0 Å². The molecule has 2 heterocycles. The molecule has 6 nitrogen and oxygen atoms in total. The molecule has 0 radical (unpaired) electrons. The van der Waals surface area contributed by atoms with Crippen molar-refractivity contribution in [1.82, 2.24) is 10.2 Å².